The van der Waals surface area contributed by atoms with Gasteiger partial charge in [-0.25, -0.2) is 0 Å². The second kappa shape index (κ2) is 5.73. The number of hydrogen-bond donors (Lipinski definition) is 1. The van der Waals surface area contributed by atoms with Gasteiger partial charge in [0.05, 0.1) is 5.56 Å². The van der Waals surface area contributed by atoms with E-state index in [-0.39, 0.29) is 11.9 Å². The predicted molar refractivity (Wildman–Crippen MR) is 70.3 cm³/mol. The van der Waals surface area contributed by atoms with Gasteiger partial charge in [0.15, 0.2) is 0 Å². The zero-order valence-corrected chi connectivity index (χ0v) is 11.2. The molecule has 0 saturated carbocycles. The van der Waals surface area contributed by atoms with Crippen molar-refractivity contribution in [2.45, 2.75) is 32.0 Å². The minimum Gasteiger partial charge on any atom is -0.382 e. The average molecular weight is 286 g/mol. The van der Waals surface area contributed by atoms with Crippen LogP contribution in [-0.4, -0.2) is 29.9 Å². The van der Waals surface area contributed by atoms with Gasteiger partial charge in [-0.05, 0) is 31.0 Å². The number of amides is 1. The summed E-state index contributed by atoms with van der Waals surface area (Å²) in [7, 11) is 0. The Morgan fingerprint density at radius 1 is 1.30 bits per heavy atom. The molecule has 0 atom stereocenters. The van der Waals surface area contributed by atoms with Crippen LogP contribution in [0.25, 0.3) is 0 Å². The summed E-state index contributed by atoms with van der Waals surface area (Å²) in [5, 5.41) is 3.11. The fraction of sp³-hybridized carbons (Fsp3) is 0.500. The number of carbonyl (C=O) groups is 1. The van der Waals surface area contributed by atoms with Gasteiger partial charge in [-0.1, -0.05) is 6.07 Å². The number of alkyl halides is 3. The number of halogens is 3. The van der Waals surface area contributed by atoms with Crippen LogP contribution in [0.3, 0.4) is 0 Å². The number of likely N-dealkylation sites (tertiary alicyclic amines) is 1. The number of carbonyl (C=O) groups excluding carboxylic acids is 1. The first-order valence-corrected chi connectivity index (χ1v) is 6.55. The molecule has 110 valence electrons. The van der Waals surface area contributed by atoms with Gasteiger partial charge in [0.2, 0.25) is 5.91 Å². The zero-order valence-electron chi connectivity index (χ0n) is 11.2. The molecule has 1 aromatic carbocycles. The lowest BCUT2D eigenvalue weighted by Gasteiger charge is -2.32. The normalized spacial score (nSPS) is 17.1. The minimum atomic E-state index is -4.32. The lowest BCUT2D eigenvalue weighted by molar-refractivity contribution is -0.137. The standard InChI is InChI=1S/C14H17F3N2O/c1-10(20)19-7-5-12(6-8-19)18-13-4-2-3-11(9-13)14(15,16)17/h2-4,9,12,18H,5-8H2,1H3. The number of nitrogens with one attached hydrogen (secondary N) is 1. The van der Waals surface area contributed by atoms with E-state index in [0.717, 1.165) is 25.0 Å². The lowest BCUT2D eigenvalue weighted by Crippen LogP contribution is -2.41. The van der Waals surface area contributed by atoms with Gasteiger partial charge < -0.3 is 10.2 Å². The van der Waals surface area contributed by atoms with Crippen LogP contribution < -0.4 is 5.32 Å². The summed E-state index contributed by atoms with van der Waals surface area (Å²) in [5.41, 5.74) is -0.176. The van der Waals surface area contributed by atoms with Crippen LogP contribution in [0, 0.1) is 0 Å². The minimum absolute atomic E-state index is 0.0440. The van der Waals surface area contributed by atoms with Gasteiger partial charge in [0.25, 0.3) is 0 Å². The smallest absolute Gasteiger partial charge is 0.382 e. The van der Waals surface area contributed by atoms with E-state index < -0.39 is 11.7 Å². The zero-order chi connectivity index (χ0) is 14.8. The van der Waals surface area contributed by atoms with Crippen LogP contribution in [0.4, 0.5) is 18.9 Å². The fourth-order valence-electron chi connectivity index (χ4n) is 2.36. The Labute approximate surface area is 115 Å². The largest absolute Gasteiger partial charge is 0.416 e. The molecule has 0 aliphatic carbocycles. The Morgan fingerprint density at radius 3 is 2.50 bits per heavy atom. The van der Waals surface area contributed by atoms with Crippen LogP contribution in [0.5, 0.6) is 0 Å². The van der Waals surface area contributed by atoms with Crippen LogP contribution in [0.15, 0.2) is 24.3 Å². The van der Waals surface area contributed by atoms with Crippen molar-refractivity contribution in [3.05, 3.63) is 29.8 Å². The maximum absolute atomic E-state index is 12.6. The summed E-state index contributed by atoms with van der Waals surface area (Å²) in [6, 6.07) is 5.32. The number of nitrogens with zero attached hydrogens (tertiary/aromatic N) is 1. The molecule has 0 aromatic heterocycles. The van der Waals surface area contributed by atoms with Crippen LogP contribution in [-0.2, 0) is 11.0 Å². The second-order valence-corrected chi connectivity index (χ2v) is 5.00. The quantitative estimate of drug-likeness (QED) is 0.906. The molecule has 0 unspecified atom stereocenters. The van der Waals surface area contributed by atoms with Crippen LogP contribution >= 0.6 is 0 Å². The first kappa shape index (κ1) is 14.7. The molecule has 1 N–H and O–H groups in total. The Morgan fingerprint density at radius 2 is 1.95 bits per heavy atom. The van der Waals surface area contributed by atoms with Gasteiger partial charge >= 0.3 is 6.18 Å². The van der Waals surface area contributed by atoms with E-state index in [4.69, 9.17) is 0 Å². The topological polar surface area (TPSA) is 32.3 Å². The van der Waals surface area contributed by atoms with Crippen molar-refractivity contribution < 1.29 is 18.0 Å². The number of rotatable bonds is 2. The highest BCUT2D eigenvalue weighted by Crippen LogP contribution is 2.31. The molecule has 2 rings (SSSR count). The predicted octanol–water partition coefficient (Wildman–Crippen LogP) is 3.13. The molecule has 1 fully saturated rings. The molecule has 1 aliphatic rings. The number of hydrogen-bond acceptors (Lipinski definition) is 2. The van der Waals surface area contributed by atoms with E-state index in [2.05, 4.69) is 5.32 Å². The average Bonchev–Trinajstić information content (AvgIpc) is 2.38. The third-order valence-corrected chi connectivity index (χ3v) is 3.50. The van der Waals surface area contributed by atoms with E-state index in [1.807, 2.05) is 0 Å². The van der Waals surface area contributed by atoms with Gasteiger partial charge in [-0.2, -0.15) is 13.2 Å². The van der Waals surface area contributed by atoms with E-state index >= 15 is 0 Å². The van der Waals surface area contributed by atoms with Crippen LogP contribution in [0.1, 0.15) is 25.3 Å². The van der Waals surface area contributed by atoms with E-state index in [1.54, 1.807) is 11.0 Å². The molecule has 0 spiro atoms. The number of piperidine rings is 1. The third kappa shape index (κ3) is 3.65. The van der Waals surface area contributed by atoms with Crippen molar-refractivity contribution in [2.75, 3.05) is 18.4 Å². The summed E-state index contributed by atoms with van der Waals surface area (Å²) in [6.07, 6.45) is -2.83. The summed E-state index contributed by atoms with van der Waals surface area (Å²) in [5.74, 6) is 0.0440. The summed E-state index contributed by atoms with van der Waals surface area (Å²) >= 11 is 0. The van der Waals surface area contributed by atoms with Crippen molar-refractivity contribution in [2.24, 2.45) is 0 Å². The molecule has 6 heteroatoms. The van der Waals surface area contributed by atoms with Gasteiger partial charge in [0, 0.05) is 31.7 Å². The first-order valence-electron chi connectivity index (χ1n) is 6.55. The number of benzene rings is 1. The van der Waals surface area contributed by atoms with E-state index in [1.165, 1.54) is 13.0 Å². The maximum Gasteiger partial charge on any atom is 0.416 e. The Bertz CT molecular complexity index is 480. The highest BCUT2D eigenvalue weighted by atomic mass is 19.4. The van der Waals surface area contributed by atoms with E-state index in [0.29, 0.717) is 18.8 Å². The fourth-order valence-corrected chi connectivity index (χ4v) is 2.36. The molecule has 1 aromatic rings. The Balaban J connectivity index is 1.96. The van der Waals surface area contributed by atoms with Gasteiger partial charge in [-0.15, -0.1) is 0 Å². The molecule has 0 radical (unpaired) electrons. The van der Waals surface area contributed by atoms with Gasteiger partial charge in [0.1, 0.15) is 0 Å². The highest BCUT2D eigenvalue weighted by molar-refractivity contribution is 5.73. The number of anilines is 1. The summed E-state index contributed by atoms with van der Waals surface area (Å²) < 4.78 is 37.8. The summed E-state index contributed by atoms with van der Waals surface area (Å²) in [6.45, 7) is 2.82. The highest BCUT2D eigenvalue weighted by Gasteiger charge is 2.30. The lowest BCUT2D eigenvalue weighted by atomic mass is 10.0. The molecule has 1 heterocycles. The molecule has 1 aliphatic heterocycles. The molecule has 0 bridgehead atoms. The Hall–Kier alpha value is -1.72. The Kier molecular flexibility index (Phi) is 4.20. The van der Waals surface area contributed by atoms with Crippen molar-refractivity contribution in [3.8, 4) is 0 Å². The molecule has 1 amide bonds. The van der Waals surface area contributed by atoms with Crippen molar-refractivity contribution >= 4 is 11.6 Å². The van der Waals surface area contributed by atoms with Crippen molar-refractivity contribution in [1.82, 2.24) is 4.90 Å². The molecule has 1 saturated heterocycles. The summed E-state index contributed by atoms with van der Waals surface area (Å²) in [4.78, 5) is 13.0. The van der Waals surface area contributed by atoms with Crippen LogP contribution in [0.2, 0.25) is 0 Å². The monoisotopic (exact) mass is 286 g/mol. The molecule has 20 heavy (non-hydrogen) atoms. The first-order chi connectivity index (χ1) is 9.36. The maximum atomic E-state index is 12.6. The van der Waals surface area contributed by atoms with Gasteiger partial charge in [-0.3, -0.25) is 4.79 Å². The molecular weight excluding hydrogens is 269 g/mol. The second-order valence-electron chi connectivity index (χ2n) is 5.00. The van der Waals surface area contributed by atoms with E-state index in [9.17, 15) is 18.0 Å². The molecule has 3 nitrogen and oxygen atoms in total. The van der Waals surface area contributed by atoms with Crippen molar-refractivity contribution in [3.63, 3.8) is 0 Å². The van der Waals surface area contributed by atoms with Crippen molar-refractivity contribution in [1.29, 1.82) is 0 Å². The SMILES string of the molecule is CC(=O)N1CCC(Nc2cccc(C(F)(F)F)c2)CC1. The third-order valence-electron chi connectivity index (χ3n) is 3.50. The molecular formula is C14H17F3N2O.